The quantitative estimate of drug-likeness (QED) is 0.106. The van der Waals surface area contributed by atoms with Crippen LogP contribution in [0.3, 0.4) is 0 Å². The number of carboxylic acids is 1. The van der Waals surface area contributed by atoms with Gasteiger partial charge in [0.05, 0.1) is 36.6 Å². The number of aliphatic carboxylic acids is 1. The van der Waals surface area contributed by atoms with E-state index in [9.17, 15) is 33.9 Å². The molecule has 1 fully saturated rings. The number of carbonyl (C=O) groups is 6. The first kappa shape index (κ1) is 51.1. The molecule has 5 N–H and O–H groups in total. The molecule has 0 bridgehead atoms. The first-order valence-electron chi connectivity index (χ1n) is 21.2. The van der Waals surface area contributed by atoms with Crippen molar-refractivity contribution in [3.8, 4) is 0 Å². The Balaban J connectivity index is 2.26. The van der Waals surface area contributed by atoms with Gasteiger partial charge in [0.1, 0.15) is 17.6 Å². The third kappa shape index (κ3) is 14.0. The molecule has 1 saturated heterocycles. The Kier molecular flexibility index (Phi) is 21.0. The van der Waals surface area contributed by atoms with Gasteiger partial charge in [0.15, 0.2) is 0 Å². The lowest BCUT2D eigenvalue weighted by Gasteiger charge is -2.41. The van der Waals surface area contributed by atoms with Gasteiger partial charge >= 0.3 is 5.97 Å². The fraction of sp³-hybridized carbons (Fsp3) is 0.727. The highest BCUT2D eigenvalue weighted by Gasteiger charge is 2.44. The smallest absolute Gasteiger partial charge is 0.326 e. The van der Waals surface area contributed by atoms with E-state index >= 15 is 0 Å². The number of unbranched alkanes of at least 4 members (excludes halogenated alkanes) is 2. The van der Waals surface area contributed by atoms with Crippen LogP contribution in [0.15, 0.2) is 30.3 Å². The summed E-state index contributed by atoms with van der Waals surface area (Å²) < 4.78 is 11.9. The zero-order valence-electron chi connectivity index (χ0n) is 37.5. The van der Waals surface area contributed by atoms with Crippen LogP contribution in [0.5, 0.6) is 0 Å². The van der Waals surface area contributed by atoms with Gasteiger partial charge in [-0.1, -0.05) is 77.8 Å². The average Bonchev–Trinajstić information content (AvgIpc) is 3.70. The number of hydrogen-bond acceptors (Lipinski definition) is 9. The van der Waals surface area contributed by atoms with Gasteiger partial charge < -0.3 is 45.6 Å². The largest absolute Gasteiger partial charge is 0.480 e. The van der Waals surface area contributed by atoms with Crippen LogP contribution in [0, 0.1) is 17.8 Å². The number of benzene rings is 1. The molecular formula is C44H74N6O9. The maximum atomic E-state index is 14.4. The fourth-order valence-electron chi connectivity index (χ4n) is 7.94. The average molecular weight is 831 g/mol. The summed E-state index contributed by atoms with van der Waals surface area (Å²) in [4.78, 5) is 85.8. The lowest BCUT2D eigenvalue weighted by Crippen LogP contribution is -2.62. The van der Waals surface area contributed by atoms with E-state index in [0.29, 0.717) is 38.8 Å². The fourth-order valence-corrected chi connectivity index (χ4v) is 7.94. The van der Waals surface area contributed by atoms with E-state index in [2.05, 4.69) is 10.6 Å². The van der Waals surface area contributed by atoms with Crippen molar-refractivity contribution in [1.29, 1.82) is 0 Å². The van der Waals surface area contributed by atoms with Crippen LogP contribution in [0.2, 0.25) is 0 Å². The Bertz CT molecular complexity index is 1520. The summed E-state index contributed by atoms with van der Waals surface area (Å²) in [6.45, 7) is 13.7. The molecule has 1 aliphatic heterocycles. The minimum atomic E-state index is -1.24. The van der Waals surface area contributed by atoms with E-state index in [1.165, 1.54) is 19.1 Å². The van der Waals surface area contributed by atoms with E-state index < -0.39 is 65.6 Å². The molecule has 0 aromatic heterocycles. The molecule has 8 atom stereocenters. The number of carboxylic acid groups (broad SMARTS) is 1. The molecule has 0 radical (unpaired) electrons. The van der Waals surface area contributed by atoms with Crippen molar-refractivity contribution in [3.05, 3.63) is 35.9 Å². The minimum absolute atomic E-state index is 0.0568. The molecule has 1 aromatic carbocycles. The van der Waals surface area contributed by atoms with Gasteiger partial charge in [0.2, 0.25) is 29.5 Å². The number of methoxy groups -OCH3 is 2. The first-order chi connectivity index (χ1) is 27.8. The Morgan fingerprint density at radius 3 is 2.15 bits per heavy atom. The predicted molar refractivity (Wildman–Crippen MR) is 227 cm³/mol. The summed E-state index contributed by atoms with van der Waals surface area (Å²) in [5.74, 6) is -4.02. The zero-order chi connectivity index (χ0) is 44.6. The Labute approximate surface area is 352 Å². The van der Waals surface area contributed by atoms with Crippen LogP contribution in [0.25, 0.3) is 0 Å². The van der Waals surface area contributed by atoms with Crippen molar-refractivity contribution >= 4 is 35.5 Å². The molecule has 7 unspecified atom stereocenters. The Morgan fingerprint density at radius 2 is 1.61 bits per heavy atom. The normalized spacial score (nSPS) is 17.9. The van der Waals surface area contributed by atoms with Crippen molar-refractivity contribution in [2.45, 2.75) is 148 Å². The number of nitrogens with zero attached hydrogens (tertiary/aromatic N) is 3. The number of amides is 5. The van der Waals surface area contributed by atoms with E-state index in [1.807, 2.05) is 45.9 Å². The van der Waals surface area contributed by atoms with Crippen LogP contribution in [0.1, 0.15) is 105 Å². The molecule has 5 amide bonds. The maximum Gasteiger partial charge on any atom is 0.326 e. The van der Waals surface area contributed by atoms with Crippen LogP contribution in [0.4, 0.5) is 0 Å². The molecular weight excluding hydrogens is 757 g/mol. The molecule has 0 saturated carbocycles. The molecule has 1 aliphatic rings. The molecule has 15 nitrogen and oxygen atoms in total. The molecule has 15 heteroatoms. The van der Waals surface area contributed by atoms with Crippen molar-refractivity contribution in [3.63, 3.8) is 0 Å². The van der Waals surface area contributed by atoms with Gasteiger partial charge in [-0.05, 0) is 63.5 Å². The van der Waals surface area contributed by atoms with E-state index in [1.54, 1.807) is 56.8 Å². The van der Waals surface area contributed by atoms with Crippen LogP contribution in [-0.4, -0.2) is 139 Å². The number of nitrogens with one attached hydrogen (secondary N) is 2. The summed E-state index contributed by atoms with van der Waals surface area (Å²) in [6.07, 6.45) is 3.17. The topological polar surface area (TPSA) is 201 Å². The van der Waals surface area contributed by atoms with Crippen molar-refractivity contribution in [2.24, 2.45) is 23.5 Å². The highest BCUT2D eigenvalue weighted by molar-refractivity contribution is 5.94. The number of likely N-dealkylation sites (N-methyl/N-ethyl adjacent to an activating group) is 2. The Hall–Kier alpha value is -4.08. The molecule has 1 aromatic rings. The number of nitrogens with two attached hydrogens (primary N) is 1. The second-order valence-electron chi connectivity index (χ2n) is 17.0. The van der Waals surface area contributed by atoms with Gasteiger partial charge in [0.25, 0.3) is 0 Å². The lowest BCUT2D eigenvalue weighted by molar-refractivity contribution is -0.150. The van der Waals surface area contributed by atoms with Crippen molar-refractivity contribution < 1.29 is 43.3 Å². The van der Waals surface area contributed by atoms with Gasteiger partial charge in [-0.15, -0.1) is 0 Å². The van der Waals surface area contributed by atoms with Crippen LogP contribution >= 0.6 is 0 Å². The van der Waals surface area contributed by atoms with E-state index in [-0.39, 0.29) is 48.8 Å². The molecule has 2 rings (SSSR count). The third-order valence-electron chi connectivity index (χ3n) is 12.2. The molecule has 1 heterocycles. The predicted octanol–water partition coefficient (Wildman–Crippen LogP) is 3.62. The SMILES string of the molecule is CCC(C)C(C(CC(=O)N1CCC[C@H]1C(OC)C(C)C(=O)NC(Cc1ccccc1)C(=O)O)OC)N(C)C(=O)C(NC(=O)C(C)(C)N(C)C(=O)CCCCCN)C(C)C. The number of hydrogen-bond donors (Lipinski definition) is 4. The van der Waals surface area contributed by atoms with E-state index in [0.717, 1.165) is 18.4 Å². The molecule has 334 valence electrons. The van der Waals surface area contributed by atoms with Gasteiger partial charge in [-0.25, -0.2) is 4.79 Å². The second kappa shape index (κ2) is 24.2. The van der Waals surface area contributed by atoms with Crippen molar-refractivity contribution in [1.82, 2.24) is 25.3 Å². The summed E-state index contributed by atoms with van der Waals surface area (Å²) in [7, 11) is 6.26. The third-order valence-corrected chi connectivity index (χ3v) is 12.2. The molecule has 59 heavy (non-hydrogen) atoms. The number of rotatable bonds is 25. The number of carbonyl (C=O) groups excluding carboxylic acids is 5. The summed E-state index contributed by atoms with van der Waals surface area (Å²) >= 11 is 0. The number of likely N-dealkylation sites (tertiary alicyclic amines) is 1. The standard InChI is InChI=1S/C44H74N6O9/c1-12-29(4)38(48(8)41(54)37(28(2)3)47-43(57)44(6,7)49(9)35(51)23-17-14-18-24-45)34(58-10)27-36(52)50-25-19-22-33(50)39(59-11)30(5)40(53)46-32(42(55)56)26-31-20-15-13-16-21-31/h13,15-16,20-21,28-30,32-34,37-39H,12,14,17-19,22-27,45H2,1-11H3,(H,46,53)(H,47,57)(H,55,56)/t29?,30?,32?,33-,34?,37?,38?,39?/m0/s1. The monoisotopic (exact) mass is 831 g/mol. The molecule has 0 spiro atoms. The first-order valence-corrected chi connectivity index (χ1v) is 21.2. The Morgan fingerprint density at radius 1 is 0.966 bits per heavy atom. The van der Waals surface area contributed by atoms with E-state index in [4.69, 9.17) is 15.2 Å². The summed E-state index contributed by atoms with van der Waals surface area (Å²) in [5.41, 5.74) is 5.12. The maximum absolute atomic E-state index is 14.4. The summed E-state index contributed by atoms with van der Waals surface area (Å²) in [5, 5.41) is 15.5. The van der Waals surface area contributed by atoms with Crippen molar-refractivity contribution in [2.75, 3.05) is 41.4 Å². The van der Waals surface area contributed by atoms with Crippen LogP contribution in [-0.2, 0) is 44.7 Å². The van der Waals surface area contributed by atoms with Gasteiger partial charge in [-0.3, -0.25) is 24.0 Å². The highest BCUT2D eigenvalue weighted by atomic mass is 16.5. The minimum Gasteiger partial charge on any atom is -0.480 e. The van der Waals surface area contributed by atoms with Gasteiger partial charge in [-0.2, -0.15) is 0 Å². The number of ether oxygens (including phenoxy) is 2. The van der Waals surface area contributed by atoms with Gasteiger partial charge in [0, 0.05) is 47.7 Å². The zero-order valence-corrected chi connectivity index (χ0v) is 37.5. The highest BCUT2D eigenvalue weighted by Crippen LogP contribution is 2.30. The lowest BCUT2D eigenvalue weighted by atomic mass is 9.89. The van der Waals surface area contributed by atoms with Crippen LogP contribution < -0.4 is 16.4 Å². The summed E-state index contributed by atoms with van der Waals surface area (Å²) in [6, 6.07) is 5.99. The molecule has 0 aliphatic carbocycles. The second-order valence-corrected chi connectivity index (χ2v) is 17.0.